The molecule has 2 aromatic carbocycles. The van der Waals surface area contributed by atoms with E-state index in [0.29, 0.717) is 22.0 Å². The van der Waals surface area contributed by atoms with Crippen LogP contribution in [0.1, 0.15) is 28.9 Å². The highest BCUT2D eigenvalue weighted by Gasteiger charge is 2.20. The molecule has 0 fully saturated rings. The van der Waals surface area contributed by atoms with E-state index < -0.39 is 12.1 Å². The highest BCUT2D eigenvalue weighted by Crippen LogP contribution is 2.33. The number of hydrogen-bond donors (Lipinski definition) is 1. The van der Waals surface area contributed by atoms with Gasteiger partial charge < -0.3 is 10.1 Å². The monoisotopic (exact) mass is 347 g/mol. The van der Waals surface area contributed by atoms with E-state index in [1.807, 2.05) is 24.3 Å². The summed E-state index contributed by atoms with van der Waals surface area (Å²) in [6, 6.07) is 12.4. The van der Waals surface area contributed by atoms with Crippen molar-refractivity contribution in [3.63, 3.8) is 0 Å². The number of esters is 1. The van der Waals surface area contributed by atoms with Crippen molar-refractivity contribution in [3.8, 4) is 0 Å². The largest absolute Gasteiger partial charge is 0.454 e. The minimum Gasteiger partial charge on any atom is -0.454 e. The van der Waals surface area contributed by atoms with E-state index in [2.05, 4.69) is 5.32 Å². The Labute approximate surface area is 143 Å². The predicted molar refractivity (Wildman–Crippen MR) is 91.1 cm³/mol. The summed E-state index contributed by atoms with van der Waals surface area (Å²) < 4.78 is 5.48. The van der Waals surface area contributed by atoms with Crippen molar-refractivity contribution < 1.29 is 14.3 Å². The number of ether oxygens (including phenoxy) is 1. The second-order valence-electron chi connectivity index (χ2n) is 5.12. The Morgan fingerprint density at radius 2 is 2.09 bits per heavy atom. The number of anilines is 1. The average molecular weight is 348 g/mol. The van der Waals surface area contributed by atoms with Gasteiger partial charge in [0.25, 0.3) is 0 Å². The molecular weight excluding hydrogens is 334 g/mol. The highest BCUT2D eigenvalue weighted by molar-refractivity contribution is 8.00. The standard InChI is InChI=1S/C17H14ClNO3S/c1-10(12-4-2-3-5-13(12)18)22-17(21)11-6-7-15-14(8-11)19-16(20)9-23-15/h2-8,10H,9H2,1H3,(H,19,20). The molecule has 0 bridgehead atoms. The van der Waals surface area contributed by atoms with Gasteiger partial charge in [0.05, 0.1) is 17.0 Å². The van der Waals surface area contributed by atoms with Gasteiger partial charge in [0, 0.05) is 15.5 Å². The molecule has 118 valence electrons. The molecule has 0 spiro atoms. The Bertz CT molecular complexity index is 778. The Balaban J connectivity index is 1.77. The molecule has 4 nitrogen and oxygen atoms in total. The number of benzene rings is 2. The summed E-state index contributed by atoms with van der Waals surface area (Å²) in [7, 11) is 0. The maximum Gasteiger partial charge on any atom is 0.338 e. The van der Waals surface area contributed by atoms with Gasteiger partial charge in [-0.15, -0.1) is 11.8 Å². The number of fused-ring (bicyclic) bond motifs is 1. The molecule has 1 unspecified atom stereocenters. The zero-order valence-electron chi connectivity index (χ0n) is 12.3. The van der Waals surface area contributed by atoms with Gasteiger partial charge in [-0.25, -0.2) is 4.79 Å². The number of hydrogen-bond acceptors (Lipinski definition) is 4. The number of halogens is 1. The van der Waals surface area contributed by atoms with Gasteiger partial charge in [-0.3, -0.25) is 4.79 Å². The number of carbonyl (C=O) groups is 2. The van der Waals surface area contributed by atoms with Gasteiger partial charge in [-0.05, 0) is 31.2 Å². The van der Waals surface area contributed by atoms with Crippen LogP contribution in [0, 0.1) is 0 Å². The lowest BCUT2D eigenvalue weighted by atomic mass is 10.1. The molecule has 23 heavy (non-hydrogen) atoms. The van der Waals surface area contributed by atoms with E-state index in [9.17, 15) is 9.59 Å². The molecule has 0 saturated heterocycles. The number of rotatable bonds is 3. The van der Waals surface area contributed by atoms with Crippen LogP contribution in [-0.4, -0.2) is 17.6 Å². The van der Waals surface area contributed by atoms with Crippen LogP contribution in [0.5, 0.6) is 0 Å². The van der Waals surface area contributed by atoms with E-state index in [0.717, 1.165) is 10.5 Å². The summed E-state index contributed by atoms with van der Waals surface area (Å²) in [5.74, 6) is -0.136. The van der Waals surface area contributed by atoms with E-state index >= 15 is 0 Å². The third-order valence-corrected chi connectivity index (χ3v) is 4.89. The fraction of sp³-hybridized carbons (Fsp3) is 0.176. The van der Waals surface area contributed by atoms with Crippen molar-refractivity contribution in [2.75, 3.05) is 11.1 Å². The quantitative estimate of drug-likeness (QED) is 0.841. The molecule has 1 aliphatic rings. The van der Waals surface area contributed by atoms with Crippen molar-refractivity contribution in [1.82, 2.24) is 0 Å². The van der Waals surface area contributed by atoms with Crippen molar-refractivity contribution in [1.29, 1.82) is 0 Å². The van der Waals surface area contributed by atoms with Gasteiger partial charge in [0.2, 0.25) is 5.91 Å². The zero-order chi connectivity index (χ0) is 16.4. The van der Waals surface area contributed by atoms with E-state index in [4.69, 9.17) is 16.3 Å². The van der Waals surface area contributed by atoms with Crippen LogP contribution in [0.25, 0.3) is 0 Å². The van der Waals surface area contributed by atoms with E-state index in [-0.39, 0.29) is 5.91 Å². The lowest BCUT2D eigenvalue weighted by molar-refractivity contribution is -0.113. The molecule has 2 aromatic rings. The third kappa shape index (κ3) is 3.51. The van der Waals surface area contributed by atoms with Crippen LogP contribution < -0.4 is 5.32 Å². The molecule has 1 atom stereocenters. The van der Waals surface area contributed by atoms with Gasteiger partial charge in [0.1, 0.15) is 6.10 Å². The first-order valence-electron chi connectivity index (χ1n) is 7.06. The number of amides is 1. The SMILES string of the molecule is CC(OC(=O)c1ccc2c(c1)NC(=O)CS2)c1ccccc1Cl. The van der Waals surface area contributed by atoms with E-state index in [1.54, 1.807) is 25.1 Å². The maximum absolute atomic E-state index is 12.3. The second-order valence-corrected chi connectivity index (χ2v) is 6.54. The van der Waals surface area contributed by atoms with Gasteiger partial charge in [-0.2, -0.15) is 0 Å². The Morgan fingerprint density at radius 3 is 2.87 bits per heavy atom. The molecule has 1 heterocycles. The van der Waals surface area contributed by atoms with Gasteiger partial charge in [0.15, 0.2) is 0 Å². The van der Waals surface area contributed by atoms with Crippen LogP contribution in [0.3, 0.4) is 0 Å². The zero-order valence-corrected chi connectivity index (χ0v) is 13.9. The van der Waals surface area contributed by atoms with Crippen molar-refractivity contribution >= 4 is 40.9 Å². The molecule has 0 radical (unpaired) electrons. The summed E-state index contributed by atoms with van der Waals surface area (Å²) >= 11 is 7.57. The van der Waals surface area contributed by atoms with Crippen molar-refractivity contribution in [2.45, 2.75) is 17.9 Å². The number of carbonyl (C=O) groups excluding carboxylic acids is 2. The molecule has 0 saturated carbocycles. The molecule has 0 aliphatic carbocycles. The fourth-order valence-electron chi connectivity index (χ4n) is 2.31. The Kier molecular flexibility index (Phi) is 4.59. The van der Waals surface area contributed by atoms with Crippen LogP contribution in [0.15, 0.2) is 47.4 Å². The van der Waals surface area contributed by atoms with Gasteiger partial charge in [-0.1, -0.05) is 29.8 Å². The summed E-state index contributed by atoms with van der Waals surface area (Å²) in [5, 5.41) is 3.32. The molecule has 3 rings (SSSR count). The molecule has 1 aliphatic heterocycles. The minimum absolute atomic E-state index is 0.0718. The second kappa shape index (κ2) is 6.64. The van der Waals surface area contributed by atoms with Crippen molar-refractivity contribution in [2.24, 2.45) is 0 Å². The Hall–Kier alpha value is -1.98. The molecule has 6 heteroatoms. The van der Waals surface area contributed by atoms with Crippen LogP contribution in [0.2, 0.25) is 5.02 Å². The third-order valence-electron chi connectivity index (χ3n) is 3.48. The highest BCUT2D eigenvalue weighted by atomic mass is 35.5. The van der Waals surface area contributed by atoms with Gasteiger partial charge >= 0.3 is 5.97 Å². The summed E-state index contributed by atoms with van der Waals surface area (Å²) in [6.07, 6.45) is -0.462. The van der Waals surface area contributed by atoms with E-state index in [1.165, 1.54) is 11.8 Å². The lowest BCUT2D eigenvalue weighted by Gasteiger charge is -2.18. The first-order chi connectivity index (χ1) is 11.0. The lowest BCUT2D eigenvalue weighted by Crippen LogP contribution is -2.19. The van der Waals surface area contributed by atoms with Crippen LogP contribution in [0.4, 0.5) is 5.69 Å². The fourth-order valence-corrected chi connectivity index (χ4v) is 3.38. The first kappa shape index (κ1) is 15.9. The average Bonchev–Trinajstić information content (AvgIpc) is 2.54. The summed E-state index contributed by atoms with van der Waals surface area (Å²) in [4.78, 5) is 24.7. The first-order valence-corrected chi connectivity index (χ1v) is 8.43. The maximum atomic E-state index is 12.3. The Morgan fingerprint density at radius 1 is 1.30 bits per heavy atom. The normalized spacial score (nSPS) is 14.6. The van der Waals surface area contributed by atoms with Crippen LogP contribution >= 0.6 is 23.4 Å². The smallest absolute Gasteiger partial charge is 0.338 e. The number of nitrogens with one attached hydrogen (secondary N) is 1. The summed E-state index contributed by atoms with van der Waals surface area (Å²) in [5.41, 5.74) is 1.79. The number of thioether (sulfide) groups is 1. The molecular formula is C17H14ClNO3S. The van der Waals surface area contributed by atoms with Crippen LogP contribution in [-0.2, 0) is 9.53 Å². The molecule has 1 amide bonds. The summed E-state index contributed by atoms with van der Waals surface area (Å²) in [6.45, 7) is 1.77. The molecule has 0 aromatic heterocycles. The molecule has 1 N–H and O–H groups in total. The minimum atomic E-state index is -0.462. The topological polar surface area (TPSA) is 55.4 Å². The van der Waals surface area contributed by atoms with Crippen molar-refractivity contribution in [3.05, 3.63) is 58.6 Å². The predicted octanol–water partition coefficient (Wildman–Crippen LogP) is 4.30.